The van der Waals surface area contributed by atoms with E-state index < -0.39 is 26.5 Å². The van der Waals surface area contributed by atoms with E-state index in [1.807, 2.05) is 20.8 Å². The third-order valence-corrected chi connectivity index (χ3v) is 6.77. The number of unbranched alkanes of at least 4 members (excludes halogenated alkanes) is 2. The van der Waals surface area contributed by atoms with Crippen molar-refractivity contribution in [3.8, 4) is 0 Å². The quantitative estimate of drug-likeness (QED) is 0.319. The number of aryl methyl sites for hydroxylation is 2. The fraction of sp³-hybridized carbons (Fsp3) is 0.400. The van der Waals surface area contributed by atoms with Crippen LogP contribution in [0.4, 0.5) is 0 Å². The van der Waals surface area contributed by atoms with Crippen molar-refractivity contribution in [2.75, 3.05) is 0 Å². The summed E-state index contributed by atoms with van der Waals surface area (Å²) in [5, 5.41) is 0. The SMILES string of the molecule is CCCCCC(OS(=O)(=O)c1ccc(C)cc1)OS(=O)(=O)c1ccc(C)cc1. The van der Waals surface area contributed by atoms with E-state index >= 15 is 0 Å². The van der Waals surface area contributed by atoms with E-state index in [1.165, 1.54) is 24.3 Å². The highest BCUT2D eigenvalue weighted by atomic mass is 32.2. The average molecular weight is 427 g/mol. The minimum absolute atomic E-state index is 0.0464. The minimum Gasteiger partial charge on any atom is -0.233 e. The zero-order valence-corrected chi connectivity index (χ0v) is 17.9. The second-order valence-electron chi connectivity index (χ2n) is 6.65. The average Bonchev–Trinajstić information content (AvgIpc) is 2.62. The van der Waals surface area contributed by atoms with Crippen molar-refractivity contribution in [1.29, 1.82) is 0 Å². The molecule has 28 heavy (non-hydrogen) atoms. The van der Waals surface area contributed by atoms with Gasteiger partial charge in [-0.15, -0.1) is 0 Å². The Morgan fingerprint density at radius 1 is 0.714 bits per heavy atom. The molecular weight excluding hydrogens is 400 g/mol. The first-order chi connectivity index (χ1) is 13.1. The highest BCUT2D eigenvalue weighted by Crippen LogP contribution is 2.23. The zero-order valence-electron chi connectivity index (χ0n) is 16.3. The van der Waals surface area contributed by atoms with Gasteiger partial charge in [0.25, 0.3) is 20.2 Å². The van der Waals surface area contributed by atoms with Gasteiger partial charge >= 0.3 is 0 Å². The first kappa shape index (κ1) is 22.5. The van der Waals surface area contributed by atoms with Gasteiger partial charge in [0.05, 0.1) is 9.79 Å². The molecule has 0 N–H and O–H groups in total. The van der Waals surface area contributed by atoms with Crippen molar-refractivity contribution in [2.24, 2.45) is 0 Å². The smallest absolute Gasteiger partial charge is 0.233 e. The summed E-state index contributed by atoms with van der Waals surface area (Å²) in [6.07, 6.45) is 0.989. The highest BCUT2D eigenvalue weighted by Gasteiger charge is 2.28. The summed E-state index contributed by atoms with van der Waals surface area (Å²) < 4.78 is 60.6. The lowest BCUT2D eigenvalue weighted by atomic mass is 10.2. The third-order valence-electron chi connectivity index (χ3n) is 4.13. The van der Waals surface area contributed by atoms with Gasteiger partial charge in [-0.05, 0) is 44.5 Å². The van der Waals surface area contributed by atoms with Gasteiger partial charge in [0, 0.05) is 6.42 Å². The molecule has 2 aromatic carbocycles. The molecule has 0 atom stereocenters. The van der Waals surface area contributed by atoms with Crippen LogP contribution in [0.3, 0.4) is 0 Å². The van der Waals surface area contributed by atoms with Crippen molar-refractivity contribution >= 4 is 20.2 Å². The summed E-state index contributed by atoms with van der Waals surface area (Å²) in [6.45, 7) is 5.66. The molecule has 8 heteroatoms. The van der Waals surface area contributed by atoms with E-state index in [-0.39, 0.29) is 16.2 Å². The zero-order chi connectivity index (χ0) is 20.8. The predicted molar refractivity (Wildman–Crippen MR) is 107 cm³/mol. The Labute approximate surface area is 167 Å². The van der Waals surface area contributed by atoms with Crippen LogP contribution in [0.5, 0.6) is 0 Å². The molecule has 6 nitrogen and oxygen atoms in total. The van der Waals surface area contributed by atoms with E-state index in [9.17, 15) is 16.8 Å². The second-order valence-corrected chi connectivity index (χ2v) is 9.80. The van der Waals surface area contributed by atoms with E-state index in [2.05, 4.69) is 0 Å². The Hall–Kier alpha value is -1.74. The maximum Gasteiger partial charge on any atom is 0.299 e. The fourth-order valence-corrected chi connectivity index (χ4v) is 4.52. The summed E-state index contributed by atoms with van der Waals surface area (Å²) >= 11 is 0. The predicted octanol–water partition coefficient (Wildman–Crippen LogP) is 4.32. The topological polar surface area (TPSA) is 86.7 Å². The molecule has 2 rings (SSSR count). The first-order valence-electron chi connectivity index (χ1n) is 9.14. The molecular formula is C20H26O6S2. The number of hydrogen-bond acceptors (Lipinski definition) is 6. The van der Waals surface area contributed by atoms with Gasteiger partial charge in [0.15, 0.2) is 6.29 Å². The molecule has 0 spiro atoms. The van der Waals surface area contributed by atoms with E-state index in [0.29, 0.717) is 6.42 Å². The molecule has 0 amide bonds. The third kappa shape index (κ3) is 6.41. The lowest BCUT2D eigenvalue weighted by molar-refractivity contribution is 0.00883. The number of benzene rings is 2. The number of hydrogen-bond donors (Lipinski definition) is 0. The standard InChI is InChI=1S/C20H26O6S2/c1-4-5-6-7-20(25-27(21,22)18-12-8-16(2)9-13-18)26-28(23,24)19-14-10-17(3)11-15-19/h8-15,20H,4-7H2,1-3H3. The molecule has 0 radical (unpaired) electrons. The molecule has 0 saturated carbocycles. The first-order valence-corrected chi connectivity index (χ1v) is 12.0. The van der Waals surface area contributed by atoms with E-state index in [1.54, 1.807) is 24.3 Å². The summed E-state index contributed by atoms with van der Waals surface area (Å²) in [5.74, 6) is 0. The van der Waals surface area contributed by atoms with Crippen molar-refractivity contribution in [3.63, 3.8) is 0 Å². The molecule has 2 aromatic rings. The van der Waals surface area contributed by atoms with Crippen LogP contribution in [-0.2, 0) is 28.6 Å². The Kier molecular flexibility index (Phi) is 7.77. The molecule has 0 aliphatic carbocycles. The van der Waals surface area contributed by atoms with Gasteiger partial charge in [-0.1, -0.05) is 55.2 Å². The summed E-state index contributed by atoms with van der Waals surface area (Å²) in [4.78, 5) is -0.0927. The van der Waals surface area contributed by atoms with Crippen molar-refractivity contribution in [3.05, 3.63) is 59.7 Å². The van der Waals surface area contributed by atoms with Gasteiger partial charge in [-0.2, -0.15) is 16.8 Å². The molecule has 0 aliphatic heterocycles. The molecule has 0 bridgehead atoms. The summed E-state index contributed by atoms with van der Waals surface area (Å²) in [7, 11) is -8.33. The van der Waals surface area contributed by atoms with Crippen LogP contribution in [0.25, 0.3) is 0 Å². The Morgan fingerprint density at radius 3 is 1.46 bits per heavy atom. The van der Waals surface area contributed by atoms with Gasteiger partial charge < -0.3 is 0 Å². The van der Waals surface area contributed by atoms with Gasteiger partial charge in [0.1, 0.15) is 0 Å². The van der Waals surface area contributed by atoms with Crippen LogP contribution < -0.4 is 0 Å². The Bertz CT molecular complexity index is 885. The lowest BCUT2D eigenvalue weighted by Gasteiger charge is -2.18. The van der Waals surface area contributed by atoms with Crippen molar-refractivity contribution in [1.82, 2.24) is 0 Å². The molecule has 0 saturated heterocycles. The maximum absolute atomic E-state index is 12.6. The van der Waals surface area contributed by atoms with Crippen LogP contribution in [-0.4, -0.2) is 23.1 Å². The Balaban J connectivity index is 2.23. The normalized spacial score (nSPS) is 12.4. The van der Waals surface area contributed by atoms with Crippen LogP contribution >= 0.6 is 0 Å². The molecule has 0 fully saturated rings. The van der Waals surface area contributed by atoms with Crippen LogP contribution in [0, 0.1) is 13.8 Å². The largest absolute Gasteiger partial charge is 0.299 e. The van der Waals surface area contributed by atoms with Crippen molar-refractivity contribution < 1.29 is 25.2 Å². The van der Waals surface area contributed by atoms with E-state index in [4.69, 9.17) is 8.37 Å². The molecule has 0 unspecified atom stereocenters. The van der Waals surface area contributed by atoms with Gasteiger partial charge in [-0.3, -0.25) is 0 Å². The second kappa shape index (κ2) is 9.65. The maximum atomic E-state index is 12.6. The Morgan fingerprint density at radius 2 is 1.11 bits per heavy atom. The molecule has 0 aliphatic rings. The lowest BCUT2D eigenvalue weighted by Crippen LogP contribution is -2.25. The summed E-state index contributed by atoms with van der Waals surface area (Å²) in [6, 6.07) is 12.3. The van der Waals surface area contributed by atoms with Crippen LogP contribution in [0.15, 0.2) is 58.3 Å². The molecule has 154 valence electrons. The number of rotatable bonds is 10. The molecule has 0 heterocycles. The van der Waals surface area contributed by atoms with Gasteiger partial charge in [-0.25, -0.2) is 8.37 Å². The van der Waals surface area contributed by atoms with Crippen molar-refractivity contribution in [2.45, 2.75) is 62.5 Å². The minimum atomic E-state index is -4.16. The van der Waals surface area contributed by atoms with Crippen LogP contribution in [0.1, 0.15) is 43.7 Å². The summed E-state index contributed by atoms with van der Waals surface area (Å²) in [5.41, 5.74) is 1.80. The molecule has 0 aromatic heterocycles. The fourth-order valence-electron chi connectivity index (χ4n) is 2.48. The van der Waals surface area contributed by atoms with E-state index in [0.717, 1.165) is 24.0 Å². The van der Waals surface area contributed by atoms with Gasteiger partial charge in [0.2, 0.25) is 0 Å². The van der Waals surface area contributed by atoms with Crippen LogP contribution in [0.2, 0.25) is 0 Å². The highest BCUT2D eigenvalue weighted by molar-refractivity contribution is 7.87. The monoisotopic (exact) mass is 426 g/mol.